The van der Waals surface area contributed by atoms with E-state index in [1.807, 2.05) is 0 Å². The maximum Gasteiger partial charge on any atom is 0.126 e. The third-order valence-corrected chi connectivity index (χ3v) is 3.37. The summed E-state index contributed by atoms with van der Waals surface area (Å²) in [5.41, 5.74) is 6.62. The molecular formula is C13H17F2N. The third-order valence-electron chi connectivity index (χ3n) is 3.37. The van der Waals surface area contributed by atoms with Gasteiger partial charge in [0, 0.05) is 11.6 Å². The van der Waals surface area contributed by atoms with Gasteiger partial charge in [-0.25, -0.2) is 8.78 Å². The van der Waals surface area contributed by atoms with Gasteiger partial charge in [-0.15, -0.1) is 0 Å². The number of hydrogen-bond acceptors (Lipinski definition) is 1. The number of benzene rings is 1. The lowest BCUT2D eigenvalue weighted by Gasteiger charge is -2.24. The number of nitrogens with two attached hydrogens (primary N) is 1. The molecule has 1 nitrogen and oxygen atoms in total. The van der Waals surface area contributed by atoms with Crippen molar-refractivity contribution < 1.29 is 8.78 Å². The van der Waals surface area contributed by atoms with E-state index in [1.54, 1.807) is 0 Å². The highest BCUT2D eigenvalue weighted by Crippen LogP contribution is 2.34. The highest BCUT2D eigenvalue weighted by molar-refractivity contribution is 5.21. The molecular weight excluding hydrogens is 208 g/mol. The van der Waals surface area contributed by atoms with Crippen LogP contribution in [0.4, 0.5) is 8.78 Å². The lowest BCUT2D eigenvalue weighted by molar-refractivity contribution is 0.417. The molecule has 16 heavy (non-hydrogen) atoms. The first kappa shape index (κ1) is 11.5. The maximum atomic E-state index is 13.0. The molecule has 0 heterocycles. The Hall–Kier alpha value is -0.960. The van der Waals surface area contributed by atoms with Crippen LogP contribution in [0.5, 0.6) is 0 Å². The van der Waals surface area contributed by atoms with Crippen molar-refractivity contribution in [3.05, 3.63) is 35.4 Å². The van der Waals surface area contributed by atoms with E-state index in [9.17, 15) is 8.78 Å². The SMILES string of the molecule is CC1CCC(N)(Cc2cc(F)cc(F)c2)C1. The predicted octanol–water partition coefficient (Wildman–Crippen LogP) is 3.02. The van der Waals surface area contributed by atoms with Crippen LogP contribution in [0.25, 0.3) is 0 Å². The lowest BCUT2D eigenvalue weighted by Crippen LogP contribution is -2.39. The van der Waals surface area contributed by atoms with E-state index in [-0.39, 0.29) is 5.54 Å². The second-order valence-electron chi connectivity index (χ2n) is 5.16. The minimum absolute atomic E-state index is 0.278. The fourth-order valence-electron chi connectivity index (χ4n) is 2.71. The van der Waals surface area contributed by atoms with Gasteiger partial charge in [-0.05, 0) is 49.3 Å². The zero-order valence-corrected chi connectivity index (χ0v) is 9.47. The fraction of sp³-hybridized carbons (Fsp3) is 0.538. The molecule has 2 unspecified atom stereocenters. The number of rotatable bonds is 2. The van der Waals surface area contributed by atoms with Gasteiger partial charge in [-0.3, -0.25) is 0 Å². The second-order valence-corrected chi connectivity index (χ2v) is 5.16. The van der Waals surface area contributed by atoms with Crippen molar-refractivity contribution in [1.82, 2.24) is 0 Å². The van der Waals surface area contributed by atoms with Crippen LogP contribution < -0.4 is 5.73 Å². The smallest absolute Gasteiger partial charge is 0.126 e. The molecule has 0 saturated heterocycles. The van der Waals surface area contributed by atoms with E-state index < -0.39 is 11.6 Å². The highest BCUT2D eigenvalue weighted by atomic mass is 19.1. The summed E-state index contributed by atoms with van der Waals surface area (Å²) in [4.78, 5) is 0. The molecule has 3 heteroatoms. The van der Waals surface area contributed by atoms with Crippen molar-refractivity contribution >= 4 is 0 Å². The molecule has 0 bridgehead atoms. The fourth-order valence-corrected chi connectivity index (χ4v) is 2.71. The van der Waals surface area contributed by atoms with Gasteiger partial charge in [0.25, 0.3) is 0 Å². The summed E-state index contributed by atoms with van der Waals surface area (Å²) in [6.45, 7) is 2.17. The van der Waals surface area contributed by atoms with Crippen LogP contribution >= 0.6 is 0 Å². The Kier molecular flexibility index (Phi) is 2.98. The van der Waals surface area contributed by atoms with Crippen LogP contribution in [-0.4, -0.2) is 5.54 Å². The summed E-state index contributed by atoms with van der Waals surface area (Å²) >= 11 is 0. The monoisotopic (exact) mass is 225 g/mol. The molecule has 1 aliphatic carbocycles. The molecule has 1 fully saturated rings. The maximum absolute atomic E-state index is 13.0. The Bertz CT molecular complexity index is 371. The highest BCUT2D eigenvalue weighted by Gasteiger charge is 2.33. The normalized spacial score (nSPS) is 29.6. The van der Waals surface area contributed by atoms with E-state index in [0.29, 0.717) is 17.9 Å². The van der Waals surface area contributed by atoms with Crippen LogP contribution in [0.15, 0.2) is 18.2 Å². The Morgan fingerprint density at radius 1 is 1.31 bits per heavy atom. The Balaban J connectivity index is 2.14. The van der Waals surface area contributed by atoms with E-state index in [4.69, 9.17) is 5.73 Å². The molecule has 0 radical (unpaired) electrons. The first-order valence-electron chi connectivity index (χ1n) is 5.71. The minimum Gasteiger partial charge on any atom is -0.325 e. The average Bonchev–Trinajstić information content (AvgIpc) is 2.43. The lowest BCUT2D eigenvalue weighted by atomic mass is 9.89. The van der Waals surface area contributed by atoms with E-state index >= 15 is 0 Å². The van der Waals surface area contributed by atoms with Crippen molar-refractivity contribution in [1.29, 1.82) is 0 Å². The van der Waals surface area contributed by atoms with Crippen molar-refractivity contribution in [2.75, 3.05) is 0 Å². The topological polar surface area (TPSA) is 26.0 Å². The summed E-state index contributed by atoms with van der Waals surface area (Å²) in [5, 5.41) is 0. The van der Waals surface area contributed by atoms with Gasteiger partial charge in [-0.1, -0.05) is 6.92 Å². The summed E-state index contributed by atoms with van der Waals surface area (Å²) < 4.78 is 26.0. The Labute approximate surface area is 94.7 Å². The molecule has 1 aromatic carbocycles. The quantitative estimate of drug-likeness (QED) is 0.822. The van der Waals surface area contributed by atoms with Crippen molar-refractivity contribution in [3.63, 3.8) is 0 Å². The summed E-state index contributed by atoms with van der Waals surface area (Å²) in [7, 11) is 0. The number of hydrogen-bond donors (Lipinski definition) is 1. The predicted molar refractivity (Wildman–Crippen MR) is 60.0 cm³/mol. The summed E-state index contributed by atoms with van der Waals surface area (Å²) in [6, 6.07) is 3.64. The van der Waals surface area contributed by atoms with Crippen LogP contribution in [0, 0.1) is 17.6 Å². The molecule has 2 atom stereocenters. The summed E-state index contributed by atoms with van der Waals surface area (Å²) in [5.74, 6) is -0.433. The molecule has 1 aliphatic rings. The molecule has 2 N–H and O–H groups in total. The standard InChI is InChI=1S/C13H17F2N/c1-9-2-3-13(16,7-9)8-10-4-11(14)6-12(15)5-10/h4-6,9H,2-3,7-8,16H2,1H3. The second kappa shape index (κ2) is 4.13. The molecule has 2 rings (SSSR count). The average molecular weight is 225 g/mol. The Morgan fingerprint density at radius 3 is 2.44 bits per heavy atom. The van der Waals surface area contributed by atoms with Crippen molar-refractivity contribution in [2.24, 2.45) is 11.7 Å². The van der Waals surface area contributed by atoms with E-state index in [1.165, 1.54) is 12.1 Å². The van der Waals surface area contributed by atoms with Crippen LogP contribution in [0.3, 0.4) is 0 Å². The zero-order valence-electron chi connectivity index (χ0n) is 9.47. The molecule has 0 amide bonds. The van der Waals surface area contributed by atoms with Gasteiger partial charge in [0.05, 0.1) is 0 Å². The largest absolute Gasteiger partial charge is 0.325 e. The zero-order chi connectivity index (χ0) is 11.8. The van der Waals surface area contributed by atoms with Gasteiger partial charge < -0.3 is 5.73 Å². The van der Waals surface area contributed by atoms with Crippen LogP contribution in [0.1, 0.15) is 31.7 Å². The first-order chi connectivity index (χ1) is 7.47. The van der Waals surface area contributed by atoms with Gasteiger partial charge in [0.2, 0.25) is 0 Å². The third kappa shape index (κ3) is 2.59. The van der Waals surface area contributed by atoms with Crippen LogP contribution in [0.2, 0.25) is 0 Å². The van der Waals surface area contributed by atoms with Crippen molar-refractivity contribution in [2.45, 2.75) is 38.1 Å². The summed E-state index contributed by atoms with van der Waals surface area (Å²) in [6.07, 6.45) is 3.54. The first-order valence-corrected chi connectivity index (χ1v) is 5.71. The molecule has 0 spiro atoms. The van der Waals surface area contributed by atoms with E-state index in [0.717, 1.165) is 25.3 Å². The molecule has 0 aliphatic heterocycles. The minimum atomic E-state index is -0.523. The molecule has 1 saturated carbocycles. The number of halogens is 2. The van der Waals surface area contributed by atoms with Gasteiger partial charge in [0.15, 0.2) is 0 Å². The van der Waals surface area contributed by atoms with Gasteiger partial charge in [-0.2, -0.15) is 0 Å². The molecule has 0 aromatic heterocycles. The van der Waals surface area contributed by atoms with E-state index in [2.05, 4.69) is 6.92 Å². The van der Waals surface area contributed by atoms with Crippen molar-refractivity contribution in [3.8, 4) is 0 Å². The van der Waals surface area contributed by atoms with Gasteiger partial charge >= 0.3 is 0 Å². The van der Waals surface area contributed by atoms with Gasteiger partial charge in [0.1, 0.15) is 11.6 Å². The molecule has 88 valence electrons. The molecule has 1 aromatic rings. The van der Waals surface area contributed by atoms with Crippen LogP contribution in [-0.2, 0) is 6.42 Å². The Morgan fingerprint density at radius 2 is 1.94 bits per heavy atom.